The van der Waals surface area contributed by atoms with Crippen LogP contribution >= 0.6 is 0 Å². The van der Waals surface area contributed by atoms with Gasteiger partial charge in [0.1, 0.15) is 6.61 Å². The monoisotopic (exact) mass is 307 g/mol. The number of azide groups is 1. The fourth-order valence-corrected chi connectivity index (χ4v) is 2.11. The van der Waals surface area contributed by atoms with Crippen LogP contribution in [0.5, 0.6) is 0 Å². The van der Waals surface area contributed by atoms with Gasteiger partial charge in [-0.1, -0.05) is 55.1 Å². The molecule has 0 fully saturated rings. The highest BCUT2D eigenvalue weighted by Gasteiger charge is 2.17. The molecule has 0 saturated carbocycles. The van der Waals surface area contributed by atoms with Crippen molar-refractivity contribution in [2.45, 2.75) is 0 Å². The Morgan fingerprint density at radius 2 is 1.65 bits per heavy atom. The molecule has 6 heteroatoms. The van der Waals surface area contributed by atoms with Crippen LogP contribution in [0, 0.1) is 0 Å². The first-order chi connectivity index (χ1) is 11.2. The van der Waals surface area contributed by atoms with Gasteiger partial charge in [-0.2, -0.15) is 0 Å². The second-order valence-electron chi connectivity index (χ2n) is 4.47. The van der Waals surface area contributed by atoms with Crippen LogP contribution in [0.15, 0.2) is 66.3 Å². The average molecular weight is 307 g/mol. The molecule has 0 bridgehead atoms. The van der Waals surface area contributed by atoms with Crippen molar-refractivity contribution in [1.29, 1.82) is 0 Å². The summed E-state index contributed by atoms with van der Waals surface area (Å²) in [6, 6.07) is 13.4. The molecule has 0 aromatic heterocycles. The lowest BCUT2D eigenvalue weighted by molar-refractivity contribution is 0.0550. The highest BCUT2D eigenvalue weighted by atomic mass is 16.5. The fraction of sp³-hybridized carbons (Fsp3) is 0.0588. The summed E-state index contributed by atoms with van der Waals surface area (Å²) in [5.74, 6) is -1.23. The molecule has 0 saturated heterocycles. The van der Waals surface area contributed by atoms with Gasteiger partial charge < -0.3 is 4.74 Å². The number of hydrogen-bond acceptors (Lipinski definition) is 3. The van der Waals surface area contributed by atoms with Gasteiger partial charge in [-0.3, -0.25) is 4.79 Å². The molecule has 0 heterocycles. The van der Waals surface area contributed by atoms with E-state index in [0.29, 0.717) is 16.7 Å². The molecule has 0 radical (unpaired) electrons. The van der Waals surface area contributed by atoms with Crippen LogP contribution in [-0.4, -0.2) is 18.5 Å². The van der Waals surface area contributed by atoms with Crippen molar-refractivity contribution >= 4 is 11.9 Å². The van der Waals surface area contributed by atoms with Crippen molar-refractivity contribution in [2.24, 2.45) is 5.11 Å². The van der Waals surface area contributed by atoms with Gasteiger partial charge in [-0.15, -0.1) is 0 Å². The Bertz CT molecular complexity index is 808. The third kappa shape index (κ3) is 3.64. The number of hydrogen-bond donors (Lipinski definition) is 0. The number of ether oxygens (including phenoxy) is 1. The van der Waals surface area contributed by atoms with Crippen molar-refractivity contribution in [3.05, 3.63) is 82.8 Å². The highest BCUT2D eigenvalue weighted by molar-refractivity contribution is 6.05. The summed E-state index contributed by atoms with van der Waals surface area (Å²) >= 11 is 0. The zero-order chi connectivity index (χ0) is 16.7. The second-order valence-corrected chi connectivity index (χ2v) is 4.47. The van der Waals surface area contributed by atoms with Gasteiger partial charge in [0.05, 0.1) is 5.56 Å². The average Bonchev–Trinajstić information content (AvgIpc) is 2.60. The molecule has 114 valence electrons. The molecule has 1 amide bonds. The van der Waals surface area contributed by atoms with Crippen LogP contribution in [0.3, 0.4) is 0 Å². The predicted octanol–water partition coefficient (Wildman–Crippen LogP) is 4.15. The topological polar surface area (TPSA) is 92.1 Å². The molecule has 6 nitrogen and oxygen atoms in total. The Hall–Kier alpha value is -3.37. The number of nitrogens with zero attached hydrogens (tertiary/aromatic N) is 3. The Labute approximate surface area is 132 Å². The van der Waals surface area contributed by atoms with Crippen molar-refractivity contribution in [2.75, 3.05) is 6.61 Å². The molecule has 0 unspecified atom stereocenters. The number of carbonyl (C=O) groups excluding carboxylic acids is 2. The van der Waals surface area contributed by atoms with E-state index in [2.05, 4.69) is 16.6 Å². The zero-order valence-corrected chi connectivity index (χ0v) is 12.2. The molecule has 0 aliphatic rings. The Morgan fingerprint density at radius 3 is 2.26 bits per heavy atom. The third-order valence-corrected chi connectivity index (χ3v) is 3.06. The zero-order valence-electron chi connectivity index (χ0n) is 12.2. The first kappa shape index (κ1) is 16.0. The number of carbonyl (C=O) groups is 2. The maximum absolute atomic E-state index is 12.2. The number of benzene rings is 2. The first-order valence-electron chi connectivity index (χ1n) is 6.75. The van der Waals surface area contributed by atoms with E-state index >= 15 is 0 Å². The standard InChI is InChI=1S/C17H13N3O3/c1-2-11-23-17(22)15-10-6-4-8-13(15)12-7-3-5-9-14(12)16(21)19-20-18/h2-10H,1,11H2. The van der Waals surface area contributed by atoms with Gasteiger partial charge in [0.2, 0.25) is 5.91 Å². The van der Waals surface area contributed by atoms with Crippen LogP contribution in [0.2, 0.25) is 0 Å². The maximum Gasteiger partial charge on any atom is 0.339 e. The second kappa shape index (κ2) is 7.59. The van der Waals surface area contributed by atoms with E-state index in [-0.39, 0.29) is 12.2 Å². The first-order valence-corrected chi connectivity index (χ1v) is 6.75. The van der Waals surface area contributed by atoms with E-state index in [4.69, 9.17) is 10.3 Å². The van der Waals surface area contributed by atoms with Gasteiger partial charge in [0.15, 0.2) is 0 Å². The molecule has 0 aliphatic heterocycles. The highest BCUT2D eigenvalue weighted by Crippen LogP contribution is 2.28. The van der Waals surface area contributed by atoms with Crippen LogP contribution in [0.1, 0.15) is 20.7 Å². The molecule has 0 atom stereocenters. The van der Waals surface area contributed by atoms with E-state index in [9.17, 15) is 9.59 Å². The molecule has 2 aromatic rings. The lowest BCUT2D eigenvalue weighted by Gasteiger charge is -2.11. The Kier molecular flexibility index (Phi) is 5.28. The summed E-state index contributed by atoms with van der Waals surface area (Å²) in [6.45, 7) is 3.59. The number of rotatable bonds is 5. The fourth-order valence-electron chi connectivity index (χ4n) is 2.11. The molecule has 2 rings (SSSR count). The van der Waals surface area contributed by atoms with Gasteiger partial charge in [0, 0.05) is 10.5 Å². The van der Waals surface area contributed by atoms with Crippen LogP contribution in [0.4, 0.5) is 0 Å². The summed E-state index contributed by atoms with van der Waals surface area (Å²) in [6.07, 6.45) is 1.47. The minimum Gasteiger partial charge on any atom is -0.458 e. The van der Waals surface area contributed by atoms with E-state index in [1.54, 1.807) is 42.5 Å². The van der Waals surface area contributed by atoms with E-state index in [1.165, 1.54) is 12.1 Å². The summed E-state index contributed by atoms with van der Waals surface area (Å²) in [4.78, 5) is 26.6. The predicted molar refractivity (Wildman–Crippen MR) is 85.8 cm³/mol. The summed E-state index contributed by atoms with van der Waals surface area (Å²) in [5.41, 5.74) is 10.0. The third-order valence-electron chi connectivity index (χ3n) is 3.06. The molecule has 23 heavy (non-hydrogen) atoms. The lowest BCUT2D eigenvalue weighted by atomic mass is 9.95. The van der Waals surface area contributed by atoms with Crippen molar-refractivity contribution in [3.8, 4) is 11.1 Å². The number of esters is 1. The van der Waals surface area contributed by atoms with Crippen LogP contribution in [-0.2, 0) is 4.74 Å². The van der Waals surface area contributed by atoms with Gasteiger partial charge >= 0.3 is 5.97 Å². The quantitative estimate of drug-likeness (QED) is 0.273. The molecule has 0 aliphatic carbocycles. The largest absolute Gasteiger partial charge is 0.458 e. The number of amides is 1. The van der Waals surface area contributed by atoms with Crippen molar-refractivity contribution in [1.82, 2.24) is 0 Å². The summed E-state index contributed by atoms with van der Waals surface area (Å²) < 4.78 is 5.06. The van der Waals surface area contributed by atoms with Crippen LogP contribution in [0.25, 0.3) is 21.6 Å². The molecule has 2 aromatic carbocycles. The SMILES string of the molecule is C=CCOC(=O)c1ccccc1-c1ccccc1C(=O)N=[N+]=[N-]. The lowest BCUT2D eigenvalue weighted by Crippen LogP contribution is -2.08. The van der Waals surface area contributed by atoms with Gasteiger partial charge in [-0.05, 0) is 27.8 Å². The minimum absolute atomic E-state index is 0.0898. The Balaban J connectivity index is 2.55. The summed E-state index contributed by atoms with van der Waals surface area (Å²) in [7, 11) is 0. The van der Waals surface area contributed by atoms with E-state index in [1.807, 2.05) is 0 Å². The van der Waals surface area contributed by atoms with Gasteiger partial charge in [-0.25, -0.2) is 4.79 Å². The van der Waals surface area contributed by atoms with E-state index in [0.717, 1.165) is 0 Å². The van der Waals surface area contributed by atoms with Crippen molar-refractivity contribution < 1.29 is 14.3 Å². The molecule has 0 N–H and O–H groups in total. The van der Waals surface area contributed by atoms with Crippen LogP contribution < -0.4 is 0 Å². The molecular formula is C17H13N3O3. The summed E-state index contributed by atoms with van der Waals surface area (Å²) in [5, 5.41) is 3.12. The van der Waals surface area contributed by atoms with Crippen molar-refractivity contribution in [3.63, 3.8) is 0 Å². The smallest absolute Gasteiger partial charge is 0.339 e. The molecular weight excluding hydrogens is 294 g/mol. The van der Waals surface area contributed by atoms with Gasteiger partial charge in [0.25, 0.3) is 0 Å². The van der Waals surface area contributed by atoms with E-state index < -0.39 is 11.9 Å². The maximum atomic E-state index is 12.2. The molecule has 0 spiro atoms. The Morgan fingerprint density at radius 1 is 1.09 bits per heavy atom. The normalized spacial score (nSPS) is 9.57. The minimum atomic E-state index is -0.711.